The first-order valence-corrected chi connectivity index (χ1v) is 14.6. The van der Waals surface area contributed by atoms with Gasteiger partial charge >= 0.3 is 11.0 Å². The Hall–Kier alpha value is -3.52. The van der Waals surface area contributed by atoms with Crippen LogP contribution in [0.2, 0.25) is 0 Å². The summed E-state index contributed by atoms with van der Waals surface area (Å²) in [6, 6.07) is 16.2. The minimum atomic E-state index is -1.11. The molecule has 1 aromatic heterocycles. The zero-order valence-corrected chi connectivity index (χ0v) is 24.8. The first kappa shape index (κ1) is 30.4. The van der Waals surface area contributed by atoms with Crippen molar-refractivity contribution in [3.8, 4) is 17.2 Å². The van der Waals surface area contributed by atoms with E-state index in [0.717, 1.165) is 26.9 Å². The number of Topliss-reactive ketones (excluding diaryl/α,β-unsaturated/α-hetero) is 1. The number of aromatic nitrogens is 1. The topological polar surface area (TPSA) is 120 Å². The molecule has 1 N–H and O–H groups in total. The minimum absolute atomic E-state index is 0.00883. The Labute approximate surface area is 244 Å². The molecule has 1 aliphatic heterocycles. The zero-order valence-electron chi connectivity index (χ0n) is 24.0. The fourth-order valence-corrected chi connectivity index (χ4v) is 5.93. The summed E-state index contributed by atoms with van der Waals surface area (Å²) >= 11 is 1.22. The van der Waals surface area contributed by atoms with Crippen LogP contribution in [0, 0.1) is 17.2 Å². The predicted octanol–water partition coefficient (Wildman–Crippen LogP) is 5.09. The number of hydrogen-bond donors (Lipinski definition) is 1. The zero-order chi connectivity index (χ0) is 29.6. The van der Waals surface area contributed by atoms with Crippen LogP contribution in [0.3, 0.4) is 0 Å². The first-order chi connectivity index (χ1) is 19.5. The molecule has 2 heterocycles. The molecule has 9 nitrogen and oxygen atoms in total. The highest BCUT2D eigenvalue weighted by Crippen LogP contribution is 2.29. The molecule has 0 aliphatic carbocycles. The van der Waals surface area contributed by atoms with Gasteiger partial charge in [-0.05, 0) is 56.0 Å². The van der Waals surface area contributed by atoms with E-state index in [1.54, 1.807) is 32.4 Å². The monoisotopic (exact) mass is 579 g/mol. The van der Waals surface area contributed by atoms with Crippen LogP contribution in [-0.2, 0) is 32.0 Å². The van der Waals surface area contributed by atoms with Crippen molar-refractivity contribution in [2.24, 2.45) is 5.92 Å². The van der Waals surface area contributed by atoms with E-state index in [9.17, 15) is 19.6 Å². The van der Waals surface area contributed by atoms with E-state index in [2.05, 4.69) is 11.4 Å². The van der Waals surface area contributed by atoms with Gasteiger partial charge in [-0.25, -0.2) is 4.79 Å². The molecule has 0 radical (unpaired) electrons. The van der Waals surface area contributed by atoms with E-state index in [0.29, 0.717) is 45.6 Å². The summed E-state index contributed by atoms with van der Waals surface area (Å²) in [7, 11) is 1.61. The molecule has 1 atom stereocenters. The quantitative estimate of drug-likeness (QED) is 0.355. The number of benzene rings is 2. The number of methoxy groups -OCH3 is 1. The van der Waals surface area contributed by atoms with Crippen molar-refractivity contribution in [2.75, 3.05) is 26.9 Å². The van der Waals surface area contributed by atoms with Crippen molar-refractivity contribution in [1.82, 2.24) is 9.88 Å². The van der Waals surface area contributed by atoms with Gasteiger partial charge in [-0.15, -0.1) is 0 Å². The van der Waals surface area contributed by atoms with Crippen molar-refractivity contribution in [2.45, 2.75) is 64.1 Å². The van der Waals surface area contributed by atoms with Gasteiger partial charge in [0.1, 0.15) is 11.1 Å². The van der Waals surface area contributed by atoms with Crippen LogP contribution in [0.4, 0.5) is 4.79 Å². The van der Waals surface area contributed by atoms with Crippen LogP contribution in [-0.4, -0.2) is 54.5 Å². The van der Waals surface area contributed by atoms with Crippen LogP contribution in [0.5, 0.6) is 0 Å². The average Bonchev–Trinajstić information content (AvgIpc) is 3.25. The molecule has 10 heteroatoms. The van der Waals surface area contributed by atoms with Gasteiger partial charge < -0.3 is 19.5 Å². The number of carbonyl (C=O) groups is 2. The SMILES string of the molecule is COCCn1c(=O)sc2ccc(-c3ccc(C[C@@H](C#N)CC(=O)C4(NC(=O)OC(C)(C)C)CCOCC4)cc3)cc21. The smallest absolute Gasteiger partial charge is 0.408 e. The highest BCUT2D eigenvalue weighted by atomic mass is 32.1. The number of hydrogen-bond acceptors (Lipinski definition) is 8. The Kier molecular flexibility index (Phi) is 9.64. The lowest BCUT2D eigenvalue weighted by atomic mass is 9.80. The molecule has 1 saturated heterocycles. The summed E-state index contributed by atoms with van der Waals surface area (Å²) in [5.41, 5.74) is 1.98. The highest BCUT2D eigenvalue weighted by Gasteiger charge is 2.42. The molecule has 1 aliphatic rings. The van der Waals surface area contributed by atoms with Crippen molar-refractivity contribution in [3.63, 3.8) is 0 Å². The minimum Gasteiger partial charge on any atom is -0.444 e. The van der Waals surface area contributed by atoms with Gasteiger partial charge in [-0.3, -0.25) is 14.2 Å². The molecule has 0 bridgehead atoms. The summed E-state index contributed by atoms with van der Waals surface area (Å²) in [6.07, 6.45) is 0.453. The second-order valence-electron chi connectivity index (χ2n) is 11.4. The van der Waals surface area contributed by atoms with E-state index in [-0.39, 0.29) is 17.1 Å². The van der Waals surface area contributed by atoms with E-state index in [4.69, 9.17) is 14.2 Å². The van der Waals surface area contributed by atoms with Crippen LogP contribution in [0.1, 0.15) is 45.6 Å². The second-order valence-corrected chi connectivity index (χ2v) is 12.4. The second kappa shape index (κ2) is 13.0. The first-order valence-electron chi connectivity index (χ1n) is 13.8. The molecule has 0 unspecified atom stereocenters. The molecule has 3 aromatic rings. The Morgan fingerprint density at radius 1 is 1.15 bits per heavy atom. The summed E-state index contributed by atoms with van der Waals surface area (Å²) in [5.74, 6) is -0.732. The predicted molar refractivity (Wildman–Crippen MR) is 158 cm³/mol. The Morgan fingerprint density at radius 3 is 2.46 bits per heavy atom. The van der Waals surface area contributed by atoms with E-state index in [1.807, 2.05) is 42.5 Å². The van der Waals surface area contributed by atoms with Gasteiger partial charge in [0.25, 0.3) is 0 Å². The third kappa shape index (κ3) is 7.61. The molecule has 2 aromatic carbocycles. The van der Waals surface area contributed by atoms with Gasteiger partial charge in [0.05, 0.1) is 35.4 Å². The standard InChI is InChI=1S/C31H37N3O6S/c1-30(2,3)40-28(36)33-31(11-14-39-15-12-31)27(35)18-22(20-32)17-21-5-7-23(8-6-21)24-9-10-26-25(19-24)34(13-16-38-4)29(37)41-26/h5-10,19,22H,11-18H2,1-4H3,(H,33,36)/t22-/m1/s1. The van der Waals surface area contributed by atoms with Gasteiger partial charge in [0.2, 0.25) is 0 Å². The van der Waals surface area contributed by atoms with Gasteiger partial charge in [-0.2, -0.15) is 5.26 Å². The summed E-state index contributed by atoms with van der Waals surface area (Å²) in [5, 5.41) is 12.7. The lowest BCUT2D eigenvalue weighted by molar-refractivity contribution is -0.130. The number of ether oxygens (including phenoxy) is 3. The Morgan fingerprint density at radius 2 is 1.83 bits per heavy atom. The van der Waals surface area contributed by atoms with Crippen molar-refractivity contribution < 1.29 is 23.8 Å². The van der Waals surface area contributed by atoms with E-state index in [1.165, 1.54) is 11.3 Å². The molecular formula is C31H37N3O6S. The van der Waals surface area contributed by atoms with Crippen molar-refractivity contribution in [3.05, 3.63) is 57.7 Å². The number of nitriles is 1. The maximum atomic E-state index is 13.5. The number of nitrogens with one attached hydrogen (secondary N) is 1. The van der Waals surface area contributed by atoms with Gasteiger partial charge in [0.15, 0.2) is 5.78 Å². The molecule has 0 saturated carbocycles. The lowest BCUT2D eigenvalue weighted by Gasteiger charge is -2.37. The molecule has 1 fully saturated rings. The molecule has 218 valence electrons. The molecular weight excluding hydrogens is 542 g/mol. The van der Waals surface area contributed by atoms with E-state index >= 15 is 0 Å². The number of fused-ring (bicyclic) bond motifs is 1. The molecule has 4 rings (SSSR count). The Balaban J connectivity index is 1.46. The van der Waals surface area contributed by atoms with Crippen LogP contribution >= 0.6 is 11.3 Å². The number of nitrogens with zero attached hydrogens (tertiary/aromatic N) is 2. The van der Waals surface area contributed by atoms with Crippen LogP contribution in [0.25, 0.3) is 21.3 Å². The highest BCUT2D eigenvalue weighted by molar-refractivity contribution is 7.16. The third-order valence-corrected chi connectivity index (χ3v) is 8.15. The maximum Gasteiger partial charge on any atom is 0.408 e. The summed E-state index contributed by atoms with van der Waals surface area (Å²) < 4.78 is 18.7. The molecule has 0 spiro atoms. The van der Waals surface area contributed by atoms with E-state index < -0.39 is 23.2 Å². The molecule has 41 heavy (non-hydrogen) atoms. The van der Waals surface area contributed by atoms with Gasteiger partial charge in [-0.1, -0.05) is 41.7 Å². The number of amides is 1. The lowest BCUT2D eigenvalue weighted by Crippen LogP contribution is -2.58. The van der Waals surface area contributed by atoms with Gasteiger partial charge in [0, 0.05) is 39.6 Å². The van der Waals surface area contributed by atoms with Crippen molar-refractivity contribution in [1.29, 1.82) is 5.26 Å². The largest absolute Gasteiger partial charge is 0.444 e. The van der Waals surface area contributed by atoms with Crippen molar-refractivity contribution >= 4 is 33.4 Å². The summed E-state index contributed by atoms with van der Waals surface area (Å²) in [4.78, 5) is 38.5. The van der Waals surface area contributed by atoms with Crippen LogP contribution < -0.4 is 10.2 Å². The third-order valence-electron chi connectivity index (χ3n) is 7.19. The number of rotatable bonds is 10. The fourth-order valence-electron chi connectivity index (χ4n) is 5.03. The number of carbonyl (C=O) groups excluding carboxylic acids is 2. The van der Waals surface area contributed by atoms with Crippen LogP contribution in [0.15, 0.2) is 47.3 Å². The Bertz CT molecular complexity index is 1470. The average molecular weight is 580 g/mol. The number of alkyl carbamates (subject to hydrolysis) is 1. The maximum absolute atomic E-state index is 13.5. The summed E-state index contributed by atoms with van der Waals surface area (Å²) in [6.45, 7) is 6.95. The fraction of sp³-hybridized carbons (Fsp3) is 0.484. The normalized spacial score (nSPS) is 15.7. The molecule has 1 amide bonds. The number of thiazole rings is 1. The number of ketones is 1.